The summed E-state index contributed by atoms with van der Waals surface area (Å²) in [5.41, 5.74) is 1.17. The predicted octanol–water partition coefficient (Wildman–Crippen LogP) is 4.79. The minimum Gasteiger partial charge on any atom is -0.354 e. The number of hydrogen-bond acceptors (Lipinski definition) is 3. The predicted molar refractivity (Wildman–Crippen MR) is 126 cm³/mol. The SMILES string of the molecule is CCC(C(=O)NCC(C)C)N(CCc1ccccc1)C(=O)CCSc1ccccc1. The Morgan fingerprint density at radius 2 is 1.63 bits per heavy atom. The van der Waals surface area contributed by atoms with Gasteiger partial charge in [-0.1, -0.05) is 69.3 Å². The van der Waals surface area contributed by atoms with Crippen molar-refractivity contribution in [3.8, 4) is 0 Å². The normalized spacial score (nSPS) is 11.9. The topological polar surface area (TPSA) is 49.4 Å². The minimum atomic E-state index is -0.429. The maximum Gasteiger partial charge on any atom is 0.242 e. The van der Waals surface area contributed by atoms with Crippen LogP contribution < -0.4 is 5.32 Å². The number of thioether (sulfide) groups is 1. The molecule has 2 aromatic carbocycles. The average molecular weight is 427 g/mol. The van der Waals surface area contributed by atoms with Gasteiger partial charge >= 0.3 is 0 Å². The van der Waals surface area contributed by atoms with Crippen LogP contribution in [0.3, 0.4) is 0 Å². The van der Waals surface area contributed by atoms with E-state index in [-0.39, 0.29) is 11.8 Å². The van der Waals surface area contributed by atoms with E-state index in [0.29, 0.717) is 37.6 Å². The molecule has 162 valence electrons. The molecule has 0 fully saturated rings. The second kappa shape index (κ2) is 13.1. The summed E-state index contributed by atoms with van der Waals surface area (Å²) in [6.45, 7) is 7.29. The third-order valence-electron chi connectivity index (χ3n) is 4.88. The number of carbonyl (C=O) groups excluding carboxylic acids is 2. The summed E-state index contributed by atoms with van der Waals surface area (Å²) in [5.74, 6) is 1.07. The molecule has 1 unspecified atom stereocenters. The van der Waals surface area contributed by atoms with Crippen molar-refractivity contribution < 1.29 is 9.59 Å². The number of benzene rings is 2. The van der Waals surface area contributed by atoms with Crippen LogP contribution in [0.5, 0.6) is 0 Å². The van der Waals surface area contributed by atoms with Crippen molar-refractivity contribution in [3.63, 3.8) is 0 Å². The largest absolute Gasteiger partial charge is 0.354 e. The molecule has 0 saturated heterocycles. The smallest absolute Gasteiger partial charge is 0.242 e. The second-order valence-corrected chi connectivity index (χ2v) is 8.97. The summed E-state index contributed by atoms with van der Waals surface area (Å²) < 4.78 is 0. The van der Waals surface area contributed by atoms with Gasteiger partial charge in [0, 0.05) is 30.2 Å². The molecular weight excluding hydrogens is 392 g/mol. The van der Waals surface area contributed by atoms with Crippen LogP contribution in [0.2, 0.25) is 0 Å². The Kier molecular flexibility index (Phi) is 10.5. The highest BCUT2D eigenvalue weighted by Crippen LogP contribution is 2.19. The van der Waals surface area contributed by atoms with E-state index in [1.807, 2.05) is 43.3 Å². The van der Waals surface area contributed by atoms with E-state index >= 15 is 0 Å². The molecule has 0 bridgehead atoms. The van der Waals surface area contributed by atoms with Gasteiger partial charge in [-0.25, -0.2) is 0 Å². The number of nitrogens with one attached hydrogen (secondary N) is 1. The molecular formula is C25H34N2O2S. The zero-order chi connectivity index (χ0) is 21.8. The molecule has 2 rings (SSSR count). The van der Waals surface area contributed by atoms with Gasteiger partial charge in [0.2, 0.25) is 11.8 Å². The lowest BCUT2D eigenvalue weighted by Gasteiger charge is -2.31. The number of nitrogens with zero attached hydrogens (tertiary/aromatic N) is 1. The van der Waals surface area contributed by atoms with E-state index in [9.17, 15) is 9.59 Å². The molecule has 1 N–H and O–H groups in total. The van der Waals surface area contributed by atoms with Gasteiger partial charge in [0.1, 0.15) is 6.04 Å². The monoisotopic (exact) mass is 426 g/mol. The Balaban J connectivity index is 2.03. The fourth-order valence-electron chi connectivity index (χ4n) is 3.23. The van der Waals surface area contributed by atoms with Crippen LogP contribution in [0, 0.1) is 5.92 Å². The third-order valence-corrected chi connectivity index (χ3v) is 5.90. The van der Waals surface area contributed by atoms with Crippen LogP contribution in [0.4, 0.5) is 0 Å². The van der Waals surface area contributed by atoms with E-state index in [0.717, 1.165) is 11.3 Å². The van der Waals surface area contributed by atoms with Gasteiger partial charge in [-0.15, -0.1) is 11.8 Å². The molecule has 0 aliphatic heterocycles. The summed E-state index contributed by atoms with van der Waals surface area (Å²) in [7, 11) is 0. The van der Waals surface area contributed by atoms with Crippen LogP contribution in [0.15, 0.2) is 65.6 Å². The first kappa shape index (κ1) is 24.0. The summed E-state index contributed by atoms with van der Waals surface area (Å²) in [6, 6.07) is 19.8. The lowest BCUT2D eigenvalue weighted by Crippen LogP contribution is -2.50. The van der Waals surface area contributed by atoms with Gasteiger partial charge < -0.3 is 10.2 Å². The highest BCUT2D eigenvalue weighted by molar-refractivity contribution is 7.99. The molecule has 0 heterocycles. The first-order valence-electron chi connectivity index (χ1n) is 10.8. The van der Waals surface area contributed by atoms with E-state index in [1.165, 1.54) is 5.56 Å². The lowest BCUT2D eigenvalue weighted by molar-refractivity contribution is -0.140. The van der Waals surface area contributed by atoms with Crippen molar-refractivity contribution in [3.05, 3.63) is 66.2 Å². The second-order valence-electron chi connectivity index (χ2n) is 7.80. The summed E-state index contributed by atoms with van der Waals surface area (Å²) in [4.78, 5) is 28.9. The van der Waals surface area contributed by atoms with Crippen LogP contribution >= 0.6 is 11.8 Å². The van der Waals surface area contributed by atoms with Gasteiger partial charge in [0.05, 0.1) is 0 Å². The summed E-state index contributed by atoms with van der Waals surface area (Å²) >= 11 is 1.67. The maximum absolute atomic E-state index is 13.1. The zero-order valence-electron chi connectivity index (χ0n) is 18.3. The van der Waals surface area contributed by atoms with E-state index in [2.05, 4.69) is 43.4 Å². The number of carbonyl (C=O) groups is 2. The lowest BCUT2D eigenvalue weighted by atomic mass is 10.1. The van der Waals surface area contributed by atoms with Crippen LogP contribution in [0.1, 0.15) is 39.2 Å². The van der Waals surface area contributed by atoms with Gasteiger partial charge in [0.25, 0.3) is 0 Å². The molecule has 0 aliphatic carbocycles. The van der Waals surface area contributed by atoms with Crippen LogP contribution in [-0.2, 0) is 16.0 Å². The molecule has 1 atom stereocenters. The first-order valence-corrected chi connectivity index (χ1v) is 11.8. The highest BCUT2D eigenvalue weighted by Gasteiger charge is 2.27. The van der Waals surface area contributed by atoms with Gasteiger partial charge in [-0.05, 0) is 36.5 Å². The van der Waals surface area contributed by atoms with E-state index in [4.69, 9.17) is 0 Å². The van der Waals surface area contributed by atoms with Crippen molar-refractivity contribution in [2.75, 3.05) is 18.8 Å². The molecule has 5 heteroatoms. The maximum atomic E-state index is 13.1. The van der Waals surface area contributed by atoms with Crippen LogP contribution in [0.25, 0.3) is 0 Å². The van der Waals surface area contributed by atoms with Crippen molar-refractivity contribution in [2.45, 2.75) is 51.0 Å². The standard InChI is InChI=1S/C25H34N2O2S/c1-4-23(25(29)26-19-20(2)3)27(17-15-21-11-7-5-8-12-21)24(28)16-18-30-22-13-9-6-10-14-22/h5-14,20,23H,4,15-19H2,1-3H3,(H,26,29). The molecule has 0 spiro atoms. The number of hydrogen-bond donors (Lipinski definition) is 1. The van der Waals surface area contributed by atoms with Crippen molar-refractivity contribution in [2.24, 2.45) is 5.92 Å². The minimum absolute atomic E-state index is 0.0425. The van der Waals surface area contributed by atoms with Crippen molar-refractivity contribution >= 4 is 23.6 Å². The Hall–Kier alpha value is -2.27. The Morgan fingerprint density at radius 1 is 1.00 bits per heavy atom. The molecule has 2 aromatic rings. The molecule has 30 heavy (non-hydrogen) atoms. The third kappa shape index (κ3) is 8.23. The number of rotatable bonds is 12. The van der Waals surface area contributed by atoms with Gasteiger partial charge in [-0.2, -0.15) is 0 Å². The number of amides is 2. The molecule has 0 aliphatic rings. The van der Waals surface area contributed by atoms with Gasteiger partial charge in [0.15, 0.2) is 0 Å². The zero-order valence-corrected chi connectivity index (χ0v) is 19.2. The van der Waals surface area contributed by atoms with Crippen LogP contribution in [-0.4, -0.2) is 41.6 Å². The Bertz CT molecular complexity index is 765. The van der Waals surface area contributed by atoms with E-state index in [1.54, 1.807) is 16.7 Å². The Labute approximate surface area is 185 Å². The Morgan fingerprint density at radius 3 is 2.23 bits per heavy atom. The molecule has 4 nitrogen and oxygen atoms in total. The summed E-state index contributed by atoms with van der Waals surface area (Å²) in [6.07, 6.45) is 1.77. The van der Waals surface area contributed by atoms with Crippen molar-refractivity contribution in [1.82, 2.24) is 10.2 Å². The fraction of sp³-hybridized carbons (Fsp3) is 0.440. The first-order chi connectivity index (χ1) is 14.5. The fourth-order valence-corrected chi connectivity index (χ4v) is 4.10. The average Bonchev–Trinajstić information content (AvgIpc) is 2.76. The molecule has 0 radical (unpaired) electrons. The molecule has 2 amide bonds. The quantitative estimate of drug-likeness (QED) is 0.497. The molecule has 0 saturated carbocycles. The molecule has 0 aromatic heterocycles. The van der Waals surface area contributed by atoms with Gasteiger partial charge in [-0.3, -0.25) is 9.59 Å². The van der Waals surface area contributed by atoms with Crippen molar-refractivity contribution in [1.29, 1.82) is 0 Å². The van der Waals surface area contributed by atoms with E-state index < -0.39 is 6.04 Å². The highest BCUT2D eigenvalue weighted by atomic mass is 32.2. The summed E-state index contributed by atoms with van der Waals surface area (Å²) in [5, 5.41) is 3.01.